The van der Waals surface area contributed by atoms with Gasteiger partial charge in [0.05, 0.1) is 10.3 Å². The molecule has 0 aliphatic rings. The number of amides is 1. The van der Waals surface area contributed by atoms with Crippen LogP contribution in [-0.4, -0.2) is 42.5 Å². The maximum Gasteiger partial charge on any atom is 0.276 e. The molecular weight excluding hydrogens is 428 g/mol. The van der Waals surface area contributed by atoms with Crippen molar-refractivity contribution in [3.05, 3.63) is 64.1 Å². The third kappa shape index (κ3) is 4.73. The molecule has 0 saturated carbocycles. The van der Waals surface area contributed by atoms with Crippen LogP contribution in [-0.2, 0) is 16.6 Å². The highest BCUT2D eigenvalue weighted by molar-refractivity contribution is 7.89. The van der Waals surface area contributed by atoms with E-state index in [4.69, 9.17) is 0 Å². The van der Waals surface area contributed by atoms with Crippen molar-refractivity contribution in [1.29, 1.82) is 0 Å². The molecule has 0 aliphatic carbocycles. The summed E-state index contributed by atoms with van der Waals surface area (Å²) in [7, 11) is -0.756. The molecule has 0 fully saturated rings. The first-order valence-electron chi connectivity index (χ1n) is 10.5. The molecule has 0 spiro atoms. The van der Waals surface area contributed by atoms with Crippen molar-refractivity contribution < 1.29 is 13.2 Å². The number of sulfonamides is 1. The molecule has 1 heterocycles. The minimum Gasteiger partial charge on any atom is -0.320 e. The number of nitrogens with zero attached hydrogens (tertiary/aromatic N) is 3. The van der Waals surface area contributed by atoms with Crippen LogP contribution in [0.5, 0.6) is 0 Å². The summed E-state index contributed by atoms with van der Waals surface area (Å²) in [5.74, 6) is -0.507. The van der Waals surface area contributed by atoms with Gasteiger partial charge in [0, 0.05) is 31.7 Å². The Morgan fingerprint density at radius 1 is 1.09 bits per heavy atom. The number of benzene rings is 2. The third-order valence-corrected chi connectivity index (χ3v) is 7.10. The normalized spacial score (nSPS) is 11.8. The van der Waals surface area contributed by atoms with Gasteiger partial charge < -0.3 is 5.32 Å². The SMILES string of the molecule is CCCCCn1nc(C(=O)Nc2cc(S(=O)(=O)N(C)C)ccc2C)c2ccccc2c1=O. The van der Waals surface area contributed by atoms with E-state index in [1.54, 1.807) is 37.3 Å². The number of rotatable bonds is 8. The first-order chi connectivity index (χ1) is 15.2. The van der Waals surface area contributed by atoms with Crippen LogP contribution >= 0.6 is 0 Å². The lowest BCUT2D eigenvalue weighted by molar-refractivity contribution is 0.102. The number of unbranched alkanes of at least 4 members (excludes halogenated alkanes) is 2. The monoisotopic (exact) mass is 456 g/mol. The molecule has 0 saturated heterocycles. The Balaban J connectivity index is 2.04. The van der Waals surface area contributed by atoms with Gasteiger partial charge in [0.1, 0.15) is 0 Å². The van der Waals surface area contributed by atoms with E-state index in [1.807, 2.05) is 0 Å². The maximum absolute atomic E-state index is 13.2. The molecule has 9 heteroatoms. The molecule has 3 rings (SSSR count). The first kappa shape index (κ1) is 23.6. The smallest absolute Gasteiger partial charge is 0.276 e. The Kier molecular flexibility index (Phi) is 7.10. The average Bonchev–Trinajstić information content (AvgIpc) is 2.76. The van der Waals surface area contributed by atoms with Crippen molar-refractivity contribution >= 4 is 32.4 Å². The Morgan fingerprint density at radius 3 is 2.44 bits per heavy atom. The van der Waals surface area contributed by atoms with Crippen molar-refractivity contribution in [2.45, 2.75) is 44.6 Å². The molecular formula is C23H28N4O4S. The summed E-state index contributed by atoms with van der Waals surface area (Å²) in [6, 6.07) is 11.4. The van der Waals surface area contributed by atoms with Crippen molar-refractivity contribution in [3.8, 4) is 0 Å². The fourth-order valence-corrected chi connectivity index (χ4v) is 4.28. The number of aromatic nitrogens is 2. The molecule has 1 amide bonds. The second-order valence-corrected chi connectivity index (χ2v) is 10.00. The molecule has 0 unspecified atom stereocenters. The predicted molar refractivity (Wildman–Crippen MR) is 126 cm³/mol. The molecule has 8 nitrogen and oxygen atoms in total. The van der Waals surface area contributed by atoms with Gasteiger partial charge >= 0.3 is 0 Å². The van der Waals surface area contributed by atoms with Crippen LogP contribution < -0.4 is 10.9 Å². The summed E-state index contributed by atoms with van der Waals surface area (Å²) >= 11 is 0. The van der Waals surface area contributed by atoms with E-state index < -0.39 is 15.9 Å². The maximum atomic E-state index is 13.2. The molecule has 0 atom stereocenters. The van der Waals surface area contributed by atoms with Crippen LogP contribution in [0.15, 0.2) is 52.2 Å². The zero-order chi connectivity index (χ0) is 23.5. The standard InChI is InChI=1S/C23H28N4O4S/c1-5-6-9-14-27-23(29)19-11-8-7-10-18(19)21(25-27)22(28)24-20-15-17(13-12-16(20)2)32(30,31)26(3)4/h7-8,10-13,15H,5-6,9,14H2,1-4H3,(H,24,28). The van der Waals surface area contributed by atoms with Gasteiger partial charge in [0.15, 0.2) is 5.69 Å². The van der Waals surface area contributed by atoms with Crippen molar-refractivity contribution in [1.82, 2.24) is 14.1 Å². The Bertz CT molecular complexity index is 1310. The summed E-state index contributed by atoms with van der Waals surface area (Å²) in [6.45, 7) is 4.27. The van der Waals surface area contributed by atoms with E-state index in [9.17, 15) is 18.0 Å². The van der Waals surface area contributed by atoms with Gasteiger partial charge in [-0.1, -0.05) is 44.0 Å². The van der Waals surface area contributed by atoms with E-state index in [-0.39, 0.29) is 16.1 Å². The lowest BCUT2D eigenvalue weighted by atomic mass is 10.1. The third-order valence-electron chi connectivity index (χ3n) is 5.29. The molecule has 0 aliphatic heterocycles. The molecule has 1 N–H and O–H groups in total. The highest BCUT2D eigenvalue weighted by Crippen LogP contribution is 2.23. The number of nitrogens with one attached hydrogen (secondary N) is 1. The van der Waals surface area contributed by atoms with Gasteiger partial charge in [-0.25, -0.2) is 17.4 Å². The predicted octanol–water partition coefficient (Wildman–Crippen LogP) is 3.40. The molecule has 32 heavy (non-hydrogen) atoms. The summed E-state index contributed by atoms with van der Waals surface area (Å²) in [4.78, 5) is 26.1. The number of hydrogen-bond acceptors (Lipinski definition) is 5. The topological polar surface area (TPSA) is 101 Å². The summed E-state index contributed by atoms with van der Waals surface area (Å²) < 4.78 is 27.4. The van der Waals surface area contributed by atoms with Crippen molar-refractivity contribution in [2.24, 2.45) is 0 Å². The van der Waals surface area contributed by atoms with Gasteiger partial charge in [-0.05, 0) is 37.1 Å². The molecule has 1 aromatic heterocycles. The summed E-state index contributed by atoms with van der Waals surface area (Å²) in [5, 5.41) is 8.02. The first-order valence-corrected chi connectivity index (χ1v) is 11.9. The number of carbonyl (C=O) groups is 1. The number of carbonyl (C=O) groups excluding carboxylic acids is 1. The fourth-order valence-electron chi connectivity index (χ4n) is 3.35. The number of aryl methyl sites for hydroxylation is 2. The highest BCUT2D eigenvalue weighted by Gasteiger charge is 2.21. The Morgan fingerprint density at radius 2 is 1.78 bits per heavy atom. The van der Waals surface area contributed by atoms with E-state index in [0.717, 1.165) is 23.6 Å². The molecule has 2 aromatic carbocycles. The highest BCUT2D eigenvalue weighted by atomic mass is 32.2. The van der Waals surface area contributed by atoms with E-state index in [0.29, 0.717) is 28.6 Å². The van der Waals surface area contributed by atoms with Gasteiger partial charge in [0.2, 0.25) is 10.0 Å². The van der Waals surface area contributed by atoms with Gasteiger partial charge in [-0.2, -0.15) is 5.10 Å². The average molecular weight is 457 g/mol. The van der Waals surface area contributed by atoms with Crippen LogP contribution in [0.4, 0.5) is 5.69 Å². The number of hydrogen-bond donors (Lipinski definition) is 1. The minimum absolute atomic E-state index is 0.0748. The summed E-state index contributed by atoms with van der Waals surface area (Å²) in [5.41, 5.74) is 0.963. The Labute approximate surface area is 187 Å². The van der Waals surface area contributed by atoms with E-state index in [2.05, 4.69) is 17.3 Å². The van der Waals surface area contributed by atoms with Crippen molar-refractivity contribution in [3.63, 3.8) is 0 Å². The second-order valence-electron chi connectivity index (χ2n) is 7.85. The van der Waals surface area contributed by atoms with E-state index >= 15 is 0 Å². The molecule has 3 aromatic rings. The number of anilines is 1. The van der Waals surface area contributed by atoms with Crippen LogP contribution in [0.1, 0.15) is 42.2 Å². The fraction of sp³-hybridized carbons (Fsp3) is 0.348. The van der Waals surface area contributed by atoms with Crippen LogP contribution in [0.2, 0.25) is 0 Å². The Hall–Kier alpha value is -3.04. The van der Waals surface area contributed by atoms with Crippen molar-refractivity contribution in [2.75, 3.05) is 19.4 Å². The van der Waals surface area contributed by atoms with Crippen LogP contribution in [0.3, 0.4) is 0 Å². The molecule has 0 bridgehead atoms. The zero-order valence-corrected chi connectivity index (χ0v) is 19.6. The second kappa shape index (κ2) is 9.62. The largest absolute Gasteiger partial charge is 0.320 e. The van der Waals surface area contributed by atoms with Crippen LogP contribution in [0.25, 0.3) is 10.8 Å². The lowest BCUT2D eigenvalue weighted by Gasteiger charge is -2.15. The zero-order valence-electron chi connectivity index (χ0n) is 18.8. The number of fused-ring (bicyclic) bond motifs is 1. The van der Waals surface area contributed by atoms with Gasteiger partial charge in [0.25, 0.3) is 11.5 Å². The summed E-state index contributed by atoms with van der Waals surface area (Å²) in [6.07, 6.45) is 2.74. The van der Waals surface area contributed by atoms with Gasteiger partial charge in [-0.15, -0.1) is 0 Å². The van der Waals surface area contributed by atoms with Crippen LogP contribution in [0, 0.1) is 6.92 Å². The lowest BCUT2D eigenvalue weighted by Crippen LogP contribution is -2.28. The minimum atomic E-state index is -3.66. The quantitative estimate of drug-likeness (QED) is 0.524. The molecule has 170 valence electrons. The van der Waals surface area contributed by atoms with Gasteiger partial charge in [-0.3, -0.25) is 9.59 Å². The van der Waals surface area contributed by atoms with E-state index in [1.165, 1.54) is 30.9 Å². The molecule has 0 radical (unpaired) electrons.